The number of H-pyrrole nitrogens is 1. The van der Waals surface area contributed by atoms with Crippen LogP contribution in [0.4, 0.5) is 0 Å². The Morgan fingerprint density at radius 2 is 2.38 bits per heavy atom. The fourth-order valence-corrected chi connectivity index (χ4v) is 1.84. The van der Waals surface area contributed by atoms with E-state index in [1.54, 1.807) is 6.07 Å². The quantitative estimate of drug-likeness (QED) is 0.758. The number of nitrogens with zero attached hydrogens (tertiary/aromatic N) is 2. The largest absolute Gasteiger partial charge is 0.492 e. The zero-order valence-corrected chi connectivity index (χ0v) is 8.43. The maximum Gasteiger partial charge on any atom is 0.218 e. The van der Waals surface area contributed by atoms with Gasteiger partial charge in [0.15, 0.2) is 5.69 Å². The van der Waals surface area contributed by atoms with E-state index < -0.39 is 0 Å². The van der Waals surface area contributed by atoms with Crippen molar-refractivity contribution in [2.75, 3.05) is 6.61 Å². The molecule has 0 fully saturated rings. The topological polar surface area (TPSA) is 67.9 Å². The van der Waals surface area contributed by atoms with Gasteiger partial charge in [-0.1, -0.05) is 12.1 Å². The summed E-state index contributed by atoms with van der Waals surface area (Å²) in [5.74, 6) is 0.531. The zero-order chi connectivity index (χ0) is 11.0. The Kier molecular flexibility index (Phi) is 1.96. The number of para-hydroxylation sites is 1. The predicted molar refractivity (Wildman–Crippen MR) is 55.5 cm³/mol. The van der Waals surface area contributed by atoms with Gasteiger partial charge < -0.3 is 4.74 Å². The van der Waals surface area contributed by atoms with Crippen molar-refractivity contribution >= 4 is 5.78 Å². The summed E-state index contributed by atoms with van der Waals surface area (Å²) in [4.78, 5) is 12.1. The Hall–Kier alpha value is -2.17. The number of aromatic nitrogens is 3. The molecule has 0 bridgehead atoms. The molecule has 80 valence electrons. The first-order valence-electron chi connectivity index (χ1n) is 5.01. The summed E-state index contributed by atoms with van der Waals surface area (Å²) in [5, 5.41) is 9.83. The van der Waals surface area contributed by atoms with Gasteiger partial charge in [-0.15, -0.1) is 0 Å². The third-order valence-corrected chi connectivity index (χ3v) is 2.61. The van der Waals surface area contributed by atoms with E-state index in [4.69, 9.17) is 4.74 Å². The molecule has 1 aliphatic heterocycles. The van der Waals surface area contributed by atoms with Crippen LogP contribution in [0, 0.1) is 0 Å². The molecule has 0 unspecified atom stereocenters. The molecule has 0 saturated heterocycles. The van der Waals surface area contributed by atoms with E-state index in [9.17, 15) is 4.79 Å². The Morgan fingerprint density at radius 3 is 3.19 bits per heavy atom. The molecule has 0 amide bonds. The molecular formula is C11H9N3O2. The monoisotopic (exact) mass is 215 g/mol. The number of carbonyl (C=O) groups excluding carboxylic acids is 1. The first kappa shape index (κ1) is 9.08. The Morgan fingerprint density at radius 1 is 1.44 bits per heavy atom. The van der Waals surface area contributed by atoms with Gasteiger partial charge >= 0.3 is 0 Å². The molecular weight excluding hydrogens is 206 g/mol. The van der Waals surface area contributed by atoms with E-state index in [0.29, 0.717) is 23.6 Å². The maximum absolute atomic E-state index is 12.1. The van der Waals surface area contributed by atoms with Crippen LogP contribution in [0.15, 0.2) is 24.4 Å². The van der Waals surface area contributed by atoms with Crippen molar-refractivity contribution < 1.29 is 9.53 Å². The number of benzene rings is 1. The summed E-state index contributed by atoms with van der Waals surface area (Å²) in [6, 6.07) is 5.59. The summed E-state index contributed by atoms with van der Waals surface area (Å²) in [6.45, 7) is 0.637. The summed E-state index contributed by atoms with van der Waals surface area (Å²) < 4.78 is 5.47. The third-order valence-electron chi connectivity index (χ3n) is 2.61. The lowest BCUT2D eigenvalue weighted by Crippen LogP contribution is -2.04. The summed E-state index contributed by atoms with van der Waals surface area (Å²) in [5.41, 5.74) is 1.95. The predicted octanol–water partition coefficient (Wildman–Crippen LogP) is 0.971. The van der Waals surface area contributed by atoms with E-state index in [1.165, 1.54) is 6.20 Å². The first-order chi connectivity index (χ1) is 7.86. The van der Waals surface area contributed by atoms with Crippen LogP contribution >= 0.6 is 0 Å². The van der Waals surface area contributed by atoms with E-state index in [0.717, 1.165) is 12.0 Å². The summed E-state index contributed by atoms with van der Waals surface area (Å²) in [6.07, 6.45) is 2.27. The molecule has 1 aromatic carbocycles. The Bertz CT molecular complexity index is 534. The van der Waals surface area contributed by atoms with Gasteiger partial charge in [-0.25, -0.2) is 0 Å². The number of hydrogen-bond acceptors (Lipinski definition) is 4. The van der Waals surface area contributed by atoms with Crippen LogP contribution in [0.5, 0.6) is 5.75 Å². The average molecular weight is 215 g/mol. The second kappa shape index (κ2) is 3.44. The summed E-state index contributed by atoms with van der Waals surface area (Å²) >= 11 is 0. The van der Waals surface area contributed by atoms with Crippen molar-refractivity contribution in [3.8, 4) is 5.75 Å². The SMILES string of the molecule is O=C(c1cn[nH]n1)c1cccc2c1OCC2. The van der Waals surface area contributed by atoms with Crippen molar-refractivity contribution in [3.63, 3.8) is 0 Å². The van der Waals surface area contributed by atoms with Gasteiger partial charge in [-0.05, 0) is 11.6 Å². The highest BCUT2D eigenvalue weighted by molar-refractivity contribution is 6.09. The molecule has 2 aromatic rings. The normalized spacial score (nSPS) is 13.2. The first-order valence-corrected chi connectivity index (χ1v) is 5.01. The second-order valence-corrected chi connectivity index (χ2v) is 3.58. The van der Waals surface area contributed by atoms with Crippen LogP contribution in [0.1, 0.15) is 21.6 Å². The van der Waals surface area contributed by atoms with E-state index in [1.807, 2.05) is 12.1 Å². The molecule has 16 heavy (non-hydrogen) atoms. The van der Waals surface area contributed by atoms with Crippen LogP contribution < -0.4 is 4.74 Å². The van der Waals surface area contributed by atoms with Crippen LogP contribution in [0.25, 0.3) is 0 Å². The average Bonchev–Trinajstić information content (AvgIpc) is 2.98. The molecule has 1 aromatic heterocycles. The minimum absolute atomic E-state index is 0.160. The highest BCUT2D eigenvalue weighted by atomic mass is 16.5. The Labute approximate surface area is 91.4 Å². The number of ketones is 1. The molecule has 1 N–H and O–H groups in total. The highest BCUT2D eigenvalue weighted by Gasteiger charge is 2.22. The molecule has 0 saturated carbocycles. The van der Waals surface area contributed by atoms with E-state index in [-0.39, 0.29) is 5.78 Å². The molecule has 5 nitrogen and oxygen atoms in total. The van der Waals surface area contributed by atoms with Gasteiger partial charge in [-0.3, -0.25) is 4.79 Å². The minimum Gasteiger partial charge on any atom is -0.492 e. The van der Waals surface area contributed by atoms with Gasteiger partial charge in [0.1, 0.15) is 5.75 Å². The maximum atomic E-state index is 12.1. The molecule has 2 heterocycles. The third kappa shape index (κ3) is 1.29. The fraction of sp³-hybridized carbons (Fsp3) is 0.182. The lowest BCUT2D eigenvalue weighted by molar-refractivity contribution is 0.103. The molecule has 0 spiro atoms. The number of ether oxygens (including phenoxy) is 1. The number of rotatable bonds is 2. The van der Waals surface area contributed by atoms with Gasteiger partial charge in [-0.2, -0.15) is 15.4 Å². The summed E-state index contributed by atoms with van der Waals surface area (Å²) in [7, 11) is 0. The van der Waals surface area contributed by atoms with Crippen LogP contribution in [0.3, 0.4) is 0 Å². The lowest BCUT2D eigenvalue weighted by atomic mass is 10.0. The Balaban J connectivity index is 2.08. The lowest BCUT2D eigenvalue weighted by Gasteiger charge is -2.04. The smallest absolute Gasteiger partial charge is 0.218 e. The van der Waals surface area contributed by atoms with Crippen LogP contribution in [-0.4, -0.2) is 27.8 Å². The van der Waals surface area contributed by atoms with Gasteiger partial charge in [0.2, 0.25) is 5.78 Å². The second-order valence-electron chi connectivity index (χ2n) is 3.58. The minimum atomic E-state index is -0.160. The van der Waals surface area contributed by atoms with Crippen LogP contribution in [-0.2, 0) is 6.42 Å². The van der Waals surface area contributed by atoms with Crippen LogP contribution in [0.2, 0.25) is 0 Å². The van der Waals surface area contributed by atoms with Crippen molar-refractivity contribution in [2.24, 2.45) is 0 Å². The molecule has 0 atom stereocenters. The number of carbonyl (C=O) groups is 1. The number of fused-ring (bicyclic) bond motifs is 1. The molecule has 0 radical (unpaired) electrons. The zero-order valence-electron chi connectivity index (χ0n) is 8.43. The van der Waals surface area contributed by atoms with E-state index in [2.05, 4.69) is 15.4 Å². The molecule has 0 aliphatic carbocycles. The fourth-order valence-electron chi connectivity index (χ4n) is 1.84. The highest BCUT2D eigenvalue weighted by Crippen LogP contribution is 2.30. The number of aromatic amines is 1. The molecule has 5 heteroatoms. The standard InChI is InChI=1S/C11H9N3O2/c15-10(9-6-12-14-13-9)8-3-1-2-7-4-5-16-11(7)8/h1-3,6H,4-5H2,(H,12,13,14). The van der Waals surface area contributed by atoms with Crippen molar-refractivity contribution in [1.29, 1.82) is 0 Å². The molecule has 1 aliphatic rings. The van der Waals surface area contributed by atoms with E-state index >= 15 is 0 Å². The molecule has 3 rings (SSSR count). The van der Waals surface area contributed by atoms with Gasteiger partial charge in [0.25, 0.3) is 0 Å². The van der Waals surface area contributed by atoms with Crippen molar-refractivity contribution in [2.45, 2.75) is 6.42 Å². The number of hydrogen-bond donors (Lipinski definition) is 1. The van der Waals surface area contributed by atoms with Crippen molar-refractivity contribution in [1.82, 2.24) is 15.4 Å². The van der Waals surface area contributed by atoms with Gasteiger partial charge in [0, 0.05) is 6.42 Å². The van der Waals surface area contributed by atoms with Gasteiger partial charge in [0.05, 0.1) is 18.4 Å². The van der Waals surface area contributed by atoms with Crippen molar-refractivity contribution in [3.05, 3.63) is 41.2 Å². The number of nitrogens with one attached hydrogen (secondary N) is 1.